The Balaban J connectivity index is 0.00000180. The van der Waals surface area contributed by atoms with Crippen LogP contribution in [0.4, 0.5) is 0 Å². The van der Waals surface area contributed by atoms with Crippen molar-refractivity contribution in [3.63, 3.8) is 0 Å². The molecule has 0 aliphatic rings. The maximum Gasteiger partial charge on any atom is 0.166 e. The van der Waals surface area contributed by atoms with Gasteiger partial charge in [-0.25, -0.2) is 9.97 Å². The van der Waals surface area contributed by atoms with Crippen molar-refractivity contribution in [1.29, 1.82) is 0 Å². The Kier molecular flexibility index (Phi) is 6.25. The third kappa shape index (κ3) is 4.85. The van der Waals surface area contributed by atoms with Gasteiger partial charge in [0.25, 0.3) is 0 Å². The van der Waals surface area contributed by atoms with Crippen molar-refractivity contribution in [3.05, 3.63) is 53.6 Å². The highest BCUT2D eigenvalue weighted by Crippen LogP contribution is 2.10. The van der Waals surface area contributed by atoms with Crippen LogP contribution in [-0.2, 0) is 13.0 Å². The van der Waals surface area contributed by atoms with E-state index in [-0.39, 0.29) is 12.4 Å². The van der Waals surface area contributed by atoms with Crippen molar-refractivity contribution < 1.29 is 4.74 Å². The fourth-order valence-electron chi connectivity index (χ4n) is 1.71. The molecule has 0 fully saturated rings. The molecular weight excluding hydrogens is 262 g/mol. The van der Waals surface area contributed by atoms with Crippen LogP contribution in [0.3, 0.4) is 0 Å². The van der Waals surface area contributed by atoms with E-state index in [0.717, 1.165) is 23.6 Å². The maximum atomic E-state index is 5.62. The third-order valence-electron chi connectivity index (χ3n) is 2.47. The number of aromatic nitrogens is 2. The molecule has 0 unspecified atom stereocenters. The second kappa shape index (κ2) is 7.71. The zero-order valence-corrected chi connectivity index (χ0v) is 11.7. The zero-order chi connectivity index (χ0) is 12.8. The number of aryl methyl sites for hydroxylation is 1. The molecule has 19 heavy (non-hydrogen) atoms. The minimum atomic E-state index is 0. The van der Waals surface area contributed by atoms with Crippen molar-refractivity contribution in [1.82, 2.24) is 9.97 Å². The molecule has 0 aliphatic heterocycles. The number of nitrogens with two attached hydrogens (primary N) is 1. The lowest BCUT2D eigenvalue weighted by atomic mass is 10.2. The van der Waals surface area contributed by atoms with E-state index in [4.69, 9.17) is 10.5 Å². The standard InChI is InChI=1S/C14H17N3O.ClH/c1-11-9-12(7-8-15)17-14(16-11)10-18-13-5-3-2-4-6-13;/h2-6,9H,7-8,10,15H2,1H3;1H. The molecule has 0 saturated heterocycles. The topological polar surface area (TPSA) is 61.0 Å². The predicted molar refractivity (Wildman–Crippen MR) is 77.5 cm³/mol. The summed E-state index contributed by atoms with van der Waals surface area (Å²) >= 11 is 0. The SMILES string of the molecule is Cc1cc(CCN)nc(COc2ccccc2)n1.Cl. The van der Waals surface area contributed by atoms with E-state index in [1.54, 1.807) is 0 Å². The molecule has 0 spiro atoms. The molecule has 1 aromatic heterocycles. The average molecular weight is 280 g/mol. The summed E-state index contributed by atoms with van der Waals surface area (Å²) in [5, 5.41) is 0. The van der Waals surface area contributed by atoms with Gasteiger partial charge in [0, 0.05) is 17.8 Å². The molecule has 2 N–H and O–H groups in total. The normalized spacial score (nSPS) is 9.79. The average Bonchev–Trinajstić information content (AvgIpc) is 2.37. The molecule has 0 bridgehead atoms. The van der Waals surface area contributed by atoms with Crippen LogP contribution in [0.25, 0.3) is 0 Å². The molecule has 0 amide bonds. The summed E-state index contributed by atoms with van der Waals surface area (Å²) < 4.78 is 5.62. The first-order valence-electron chi connectivity index (χ1n) is 5.99. The molecule has 0 radical (unpaired) electrons. The second-order valence-electron chi connectivity index (χ2n) is 4.06. The van der Waals surface area contributed by atoms with E-state index in [2.05, 4.69) is 9.97 Å². The molecule has 2 aromatic rings. The molecule has 0 atom stereocenters. The Hall–Kier alpha value is -1.65. The number of hydrogen-bond acceptors (Lipinski definition) is 4. The molecule has 1 aromatic carbocycles. The van der Waals surface area contributed by atoms with Crippen LogP contribution in [0.1, 0.15) is 17.2 Å². The van der Waals surface area contributed by atoms with Crippen LogP contribution in [0, 0.1) is 6.92 Å². The summed E-state index contributed by atoms with van der Waals surface area (Å²) in [6, 6.07) is 11.6. The first kappa shape index (κ1) is 15.4. The fourth-order valence-corrected chi connectivity index (χ4v) is 1.71. The van der Waals surface area contributed by atoms with Gasteiger partial charge in [0.05, 0.1) is 0 Å². The lowest BCUT2D eigenvalue weighted by molar-refractivity contribution is 0.295. The number of nitrogens with zero attached hydrogens (tertiary/aromatic N) is 2. The Morgan fingerprint density at radius 3 is 2.58 bits per heavy atom. The summed E-state index contributed by atoms with van der Waals surface area (Å²) in [6.45, 7) is 2.92. The molecule has 0 aliphatic carbocycles. The van der Waals surface area contributed by atoms with Gasteiger partial charge in [0.2, 0.25) is 0 Å². The summed E-state index contributed by atoms with van der Waals surface area (Å²) in [5.74, 6) is 1.52. The Bertz CT molecular complexity index is 505. The highest BCUT2D eigenvalue weighted by atomic mass is 35.5. The quantitative estimate of drug-likeness (QED) is 0.912. The molecule has 4 nitrogen and oxygen atoms in total. The molecule has 5 heteroatoms. The summed E-state index contributed by atoms with van der Waals surface area (Å²) in [5.41, 5.74) is 7.45. The monoisotopic (exact) mass is 279 g/mol. The van der Waals surface area contributed by atoms with E-state index < -0.39 is 0 Å². The van der Waals surface area contributed by atoms with Crippen LogP contribution in [0.15, 0.2) is 36.4 Å². The van der Waals surface area contributed by atoms with E-state index in [1.165, 1.54) is 0 Å². The van der Waals surface area contributed by atoms with Gasteiger partial charge in [0.1, 0.15) is 12.4 Å². The largest absolute Gasteiger partial charge is 0.486 e. The highest BCUT2D eigenvalue weighted by molar-refractivity contribution is 5.85. The Morgan fingerprint density at radius 2 is 1.89 bits per heavy atom. The van der Waals surface area contributed by atoms with E-state index in [1.807, 2.05) is 43.3 Å². The number of ether oxygens (including phenoxy) is 1. The number of benzene rings is 1. The number of hydrogen-bond donors (Lipinski definition) is 1. The van der Waals surface area contributed by atoms with Crippen LogP contribution in [0.5, 0.6) is 5.75 Å². The maximum absolute atomic E-state index is 5.62. The molecule has 2 rings (SSSR count). The lowest BCUT2D eigenvalue weighted by Gasteiger charge is -2.07. The third-order valence-corrected chi connectivity index (χ3v) is 2.47. The van der Waals surface area contributed by atoms with Gasteiger partial charge in [-0.3, -0.25) is 0 Å². The van der Waals surface area contributed by atoms with Crippen molar-refractivity contribution >= 4 is 12.4 Å². The highest BCUT2D eigenvalue weighted by Gasteiger charge is 2.03. The smallest absolute Gasteiger partial charge is 0.166 e. The fraction of sp³-hybridized carbons (Fsp3) is 0.286. The van der Waals surface area contributed by atoms with E-state index in [9.17, 15) is 0 Å². The molecule has 1 heterocycles. The van der Waals surface area contributed by atoms with Gasteiger partial charge < -0.3 is 10.5 Å². The van der Waals surface area contributed by atoms with Gasteiger partial charge in [0.15, 0.2) is 5.82 Å². The number of para-hydroxylation sites is 1. The molecular formula is C14H18ClN3O. The number of rotatable bonds is 5. The minimum Gasteiger partial charge on any atom is -0.486 e. The van der Waals surface area contributed by atoms with Crippen molar-refractivity contribution in [2.45, 2.75) is 20.0 Å². The van der Waals surface area contributed by atoms with Crippen molar-refractivity contribution in [3.8, 4) is 5.75 Å². The Morgan fingerprint density at radius 1 is 1.16 bits per heavy atom. The van der Waals surface area contributed by atoms with Crippen LogP contribution in [0.2, 0.25) is 0 Å². The van der Waals surface area contributed by atoms with Gasteiger partial charge in [-0.15, -0.1) is 12.4 Å². The van der Waals surface area contributed by atoms with Gasteiger partial charge in [-0.1, -0.05) is 18.2 Å². The van der Waals surface area contributed by atoms with Crippen LogP contribution in [-0.4, -0.2) is 16.5 Å². The van der Waals surface area contributed by atoms with Crippen molar-refractivity contribution in [2.24, 2.45) is 5.73 Å². The van der Waals surface area contributed by atoms with Gasteiger partial charge in [-0.05, 0) is 31.7 Å². The van der Waals surface area contributed by atoms with E-state index >= 15 is 0 Å². The van der Waals surface area contributed by atoms with Gasteiger partial charge >= 0.3 is 0 Å². The first-order valence-corrected chi connectivity index (χ1v) is 5.99. The first-order chi connectivity index (χ1) is 8.78. The van der Waals surface area contributed by atoms with Gasteiger partial charge in [-0.2, -0.15) is 0 Å². The zero-order valence-electron chi connectivity index (χ0n) is 10.9. The van der Waals surface area contributed by atoms with E-state index in [0.29, 0.717) is 19.0 Å². The summed E-state index contributed by atoms with van der Waals surface area (Å²) in [6.07, 6.45) is 0.766. The number of halogens is 1. The summed E-state index contributed by atoms with van der Waals surface area (Å²) in [4.78, 5) is 8.78. The Labute approximate surface area is 119 Å². The lowest BCUT2D eigenvalue weighted by Crippen LogP contribution is -2.09. The minimum absolute atomic E-state index is 0. The predicted octanol–water partition coefficient (Wildman–Crippen LogP) is 2.29. The summed E-state index contributed by atoms with van der Waals surface area (Å²) in [7, 11) is 0. The second-order valence-corrected chi connectivity index (χ2v) is 4.06. The molecule has 0 saturated carbocycles. The van der Waals surface area contributed by atoms with Crippen molar-refractivity contribution in [2.75, 3.05) is 6.54 Å². The molecule has 102 valence electrons. The van der Waals surface area contributed by atoms with Crippen LogP contribution >= 0.6 is 12.4 Å². The van der Waals surface area contributed by atoms with Crippen LogP contribution < -0.4 is 10.5 Å².